The molecule has 100 valence electrons. The number of nitrogens with zero attached hydrogens (tertiary/aromatic N) is 1. The van der Waals surface area contributed by atoms with E-state index >= 15 is 0 Å². The Labute approximate surface area is 108 Å². The summed E-state index contributed by atoms with van der Waals surface area (Å²) in [5.41, 5.74) is 2.85. The number of hydrogen-bond acceptors (Lipinski definition) is 4. The predicted octanol–water partition coefficient (Wildman–Crippen LogP) is 1.04. The fourth-order valence-electron chi connectivity index (χ4n) is 1.58. The monoisotopic (exact) mass is 265 g/mol. The Morgan fingerprint density at radius 3 is 2.89 bits per heavy atom. The minimum absolute atomic E-state index is 0.0386. The number of ether oxygens (including phenoxy) is 1. The summed E-state index contributed by atoms with van der Waals surface area (Å²) < 4.78 is 18.0. The highest BCUT2D eigenvalue weighted by molar-refractivity contribution is 6.43. The van der Waals surface area contributed by atoms with Crippen molar-refractivity contribution in [3.63, 3.8) is 0 Å². The maximum atomic E-state index is 13.2. The van der Waals surface area contributed by atoms with Crippen LogP contribution in [0, 0.1) is 5.82 Å². The van der Waals surface area contributed by atoms with Crippen LogP contribution >= 0.6 is 0 Å². The number of anilines is 1. The van der Waals surface area contributed by atoms with Crippen LogP contribution in [0.5, 0.6) is 5.75 Å². The molecule has 1 heterocycles. The minimum Gasteiger partial charge on any atom is -0.494 e. The summed E-state index contributed by atoms with van der Waals surface area (Å²) >= 11 is 0. The van der Waals surface area contributed by atoms with Gasteiger partial charge in [-0.15, -0.1) is 0 Å². The zero-order valence-electron chi connectivity index (χ0n) is 10.2. The van der Waals surface area contributed by atoms with E-state index in [1.165, 1.54) is 25.3 Å². The van der Waals surface area contributed by atoms with E-state index in [0.29, 0.717) is 5.69 Å². The molecule has 0 fully saturated rings. The Hall–Kier alpha value is -2.44. The largest absolute Gasteiger partial charge is 0.494 e. The summed E-state index contributed by atoms with van der Waals surface area (Å²) in [7, 11) is 1.34. The number of carbonyl (C=O) groups excluding carboxylic acids is 2. The molecule has 0 saturated carbocycles. The molecule has 2 amide bonds. The van der Waals surface area contributed by atoms with Gasteiger partial charge in [-0.25, -0.2) is 9.82 Å². The normalized spacial score (nSPS) is 14.4. The summed E-state index contributed by atoms with van der Waals surface area (Å²) in [6, 6.07) is 3.98. The highest BCUT2D eigenvalue weighted by Crippen LogP contribution is 2.21. The van der Waals surface area contributed by atoms with Crippen molar-refractivity contribution >= 4 is 23.2 Å². The minimum atomic E-state index is -0.511. The second-order valence-corrected chi connectivity index (χ2v) is 3.90. The molecule has 2 N–H and O–H groups in total. The van der Waals surface area contributed by atoms with E-state index in [4.69, 9.17) is 4.74 Å². The van der Waals surface area contributed by atoms with Crippen LogP contribution in [0.1, 0.15) is 12.8 Å². The highest BCUT2D eigenvalue weighted by atomic mass is 19.1. The molecule has 0 saturated heterocycles. The molecule has 19 heavy (non-hydrogen) atoms. The first kappa shape index (κ1) is 13.0. The van der Waals surface area contributed by atoms with Crippen LogP contribution in [0.4, 0.5) is 10.1 Å². The van der Waals surface area contributed by atoms with Crippen LogP contribution in [0.15, 0.2) is 23.3 Å². The molecule has 0 aliphatic carbocycles. The predicted molar refractivity (Wildman–Crippen MR) is 66.4 cm³/mol. The van der Waals surface area contributed by atoms with Crippen molar-refractivity contribution in [1.29, 1.82) is 0 Å². The van der Waals surface area contributed by atoms with Crippen LogP contribution in [-0.4, -0.2) is 24.6 Å². The summed E-state index contributed by atoms with van der Waals surface area (Å²) in [6.07, 6.45) is 0.495. The van der Waals surface area contributed by atoms with Crippen LogP contribution in [0.2, 0.25) is 0 Å². The summed E-state index contributed by atoms with van der Waals surface area (Å²) in [5, 5.41) is 6.23. The number of nitrogens with one attached hydrogen (secondary N) is 2. The number of methoxy groups -OCH3 is 1. The summed E-state index contributed by atoms with van der Waals surface area (Å²) in [5.74, 6) is -1.13. The van der Waals surface area contributed by atoms with Gasteiger partial charge < -0.3 is 10.1 Å². The first-order chi connectivity index (χ1) is 9.10. The smallest absolute Gasteiger partial charge is 0.271 e. The van der Waals surface area contributed by atoms with E-state index < -0.39 is 11.7 Å². The van der Waals surface area contributed by atoms with E-state index in [0.717, 1.165) is 0 Å². The lowest BCUT2D eigenvalue weighted by molar-refractivity contribution is -0.121. The number of hydrogen-bond donors (Lipinski definition) is 2. The molecule has 1 aromatic carbocycles. The van der Waals surface area contributed by atoms with Gasteiger partial charge in [-0.2, -0.15) is 5.10 Å². The lowest BCUT2D eigenvalue weighted by Crippen LogP contribution is -2.32. The summed E-state index contributed by atoms with van der Waals surface area (Å²) in [4.78, 5) is 22.7. The third-order valence-electron chi connectivity index (χ3n) is 2.58. The fraction of sp³-hybridized carbons (Fsp3) is 0.250. The van der Waals surface area contributed by atoms with Gasteiger partial charge >= 0.3 is 0 Å². The van der Waals surface area contributed by atoms with Crippen LogP contribution < -0.4 is 15.5 Å². The maximum Gasteiger partial charge on any atom is 0.271 e. The second-order valence-electron chi connectivity index (χ2n) is 3.90. The van der Waals surface area contributed by atoms with Gasteiger partial charge in [0, 0.05) is 24.6 Å². The molecule has 0 bridgehead atoms. The Morgan fingerprint density at radius 2 is 2.26 bits per heavy atom. The van der Waals surface area contributed by atoms with Gasteiger partial charge in [0.25, 0.3) is 5.91 Å². The molecule has 0 unspecified atom stereocenters. The molecule has 7 heteroatoms. The van der Waals surface area contributed by atoms with Crippen molar-refractivity contribution in [2.45, 2.75) is 12.8 Å². The van der Waals surface area contributed by atoms with E-state index in [1.807, 2.05) is 0 Å². The molecule has 1 aliphatic rings. The van der Waals surface area contributed by atoms with Crippen molar-refractivity contribution < 1.29 is 18.7 Å². The standard InChI is InChI=1S/C12H12FN3O3/c1-19-10-6-7(2-3-8(10)13)14-12(18)9-4-5-11(17)16-15-9/h2-3,6H,4-5H2,1H3,(H,14,18)(H,16,17). The average Bonchev–Trinajstić information content (AvgIpc) is 2.41. The van der Waals surface area contributed by atoms with Gasteiger partial charge in [-0.05, 0) is 12.1 Å². The molecule has 0 aromatic heterocycles. The van der Waals surface area contributed by atoms with E-state index in [1.54, 1.807) is 0 Å². The second kappa shape index (κ2) is 5.47. The summed E-state index contributed by atoms with van der Waals surface area (Å²) in [6.45, 7) is 0. The quantitative estimate of drug-likeness (QED) is 0.856. The first-order valence-electron chi connectivity index (χ1n) is 5.60. The molecule has 2 rings (SSSR count). The van der Waals surface area contributed by atoms with E-state index in [9.17, 15) is 14.0 Å². The van der Waals surface area contributed by atoms with E-state index in [-0.39, 0.29) is 30.2 Å². The van der Waals surface area contributed by atoms with Crippen LogP contribution in [0.3, 0.4) is 0 Å². The number of halogens is 1. The lowest BCUT2D eigenvalue weighted by Gasteiger charge is -2.12. The zero-order chi connectivity index (χ0) is 13.8. The highest BCUT2D eigenvalue weighted by Gasteiger charge is 2.18. The Kier molecular flexibility index (Phi) is 3.74. The number of amides is 2. The molecule has 6 nitrogen and oxygen atoms in total. The zero-order valence-corrected chi connectivity index (χ0v) is 10.2. The van der Waals surface area contributed by atoms with Gasteiger partial charge in [0.1, 0.15) is 5.71 Å². The van der Waals surface area contributed by atoms with Crippen LogP contribution in [0.25, 0.3) is 0 Å². The van der Waals surface area contributed by atoms with Gasteiger partial charge in [-0.1, -0.05) is 0 Å². The fourth-order valence-corrected chi connectivity index (χ4v) is 1.58. The molecule has 0 spiro atoms. The number of hydrazone groups is 1. The van der Waals surface area contributed by atoms with Crippen molar-refractivity contribution in [3.05, 3.63) is 24.0 Å². The number of rotatable bonds is 3. The van der Waals surface area contributed by atoms with Crippen molar-refractivity contribution in [1.82, 2.24) is 5.43 Å². The van der Waals surface area contributed by atoms with Gasteiger partial charge in [0.15, 0.2) is 11.6 Å². The Balaban J connectivity index is 2.09. The topological polar surface area (TPSA) is 79.8 Å². The van der Waals surface area contributed by atoms with Crippen molar-refractivity contribution in [2.24, 2.45) is 5.10 Å². The molecule has 0 atom stereocenters. The average molecular weight is 265 g/mol. The van der Waals surface area contributed by atoms with Gasteiger partial charge in [0.2, 0.25) is 5.91 Å². The first-order valence-corrected chi connectivity index (χ1v) is 5.60. The maximum absolute atomic E-state index is 13.2. The molecule has 1 aliphatic heterocycles. The van der Waals surface area contributed by atoms with Gasteiger partial charge in [0.05, 0.1) is 7.11 Å². The Morgan fingerprint density at radius 1 is 1.47 bits per heavy atom. The number of benzene rings is 1. The Bertz CT molecular complexity index is 557. The molecule has 0 radical (unpaired) electrons. The molecular formula is C12H12FN3O3. The van der Waals surface area contributed by atoms with E-state index in [2.05, 4.69) is 15.8 Å². The van der Waals surface area contributed by atoms with Crippen LogP contribution in [-0.2, 0) is 9.59 Å². The van der Waals surface area contributed by atoms with Crippen molar-refractivity contribution in [2.75, 3.05) is 12.4 Å². The lowest BCUT2D eigenvalue weighted by atomic mass is 10.1. The van der Waals surface area contributed by atoms with Gasteiger partial charge in [-0.3, -0.25) is 9.59 Å². The third kappa shape index (κ3) is 3.06. The van der Waals surface area contributed by atoms with Crippen molar-refractivity contribution in [3.8, 4) is 5.75 Å². The SMILES string of the molecule is COc1cc(NC(=O)C2=NNC(=O)CC2)ccc1F. The molecular weight excluding hydrogens is 253 g/mol. The molecule has 1 aromatic rings. The number of carbonyl (C=O) groups is 2. The third-order valence-corrected chi connectivity index (χ3v) is 2.58.